The first kappa shape index (κ1) is 12.6. The van der Waals surface area contributed by atoms with Crippen molar-refractivity contribution in [3.8, 4) is 0 Å². The Morgan fingerprint density at radius 1 is 1.40 bits per heavy atom. The first-order valence-electron chi connectivity index (χ1n) is 5.49. The van der Waals surface area contributed by atoms with Crippen molar-refractivity contribution in [1.29, 1.82) is 0 Å². The number of Topliss-reactive ketones (excluding diaryl/α,β-unsaturated/α-hetero) is 1. The van der Waals surface area contributed by atoms with Crippen LogP contribution >= 0.6 is 0 Å². The van der Waals surface area contributed by atoms with Crippen LogP contribution in [0.5, 0.6) is 0 Å². The Kier molecular flexibility index (Phi) is 4.73. The van der Waals surface area contributed by atoms with Gasteiger partial charge in [-0.2, -0.15) is 0 Å². The molecule has 15 heavy (non-hydrogen) atoms. The minimum atomic E-state index is -3.00. The molecule has 0 radical (unpaired) electrons. The second kappa shape index (κ2) is 5.61. The highest BCUT2D eigenvalue weighted by atomic mass is 32.2. The summed E-state index contributed by atoms with van der Waals surface area (Å²) in [4.78, 5) is 11.6. The molecule has 1 fully saturated rings. The van der Waals surface area contributed by atoms with E-state index in [0.29, 0.717) is 13.0 Å². The number of nitrogens with one attached hydrogen (secondary N) is 1. The average molecular weight is 233 g/mol. The molecular weight excluding hydrogens is 214 g/mol. The minimum absolute atomic E-state index is 0.0240. The van der Waals surface area contributed by atoms with Crippen molar-refractivity contribution in [2.24, 2.45) is 5.92 Å². The molecule has 0 spiro atoms. The summed E-state index contributed by atoms with van der Waals surface area (Å²) >= 11 is 0. The molecule has 0 aliphatic carbocycles. The fourth-order valence-corrected chi connectivity index (χ4v) is 3.14. The summed E-state index contributed by atoms with van der Waals surface area (Å²) in [5.74, 6) is 0.362. The van der Waals surface area contributed by atoms with Gasteiger partial charge in [0.25, 0.3) is 0 Å². The predicted molar refractivity (Wildman–Crippen MR) is 59.5 cm³/mol. The lowest BCUT2D eigenvalue weighted by molar-refractivity contribution is -0.121. The molecule has 0 aromatic rings. The van der Waals surface area contributed by atoms with Gasteiger partial charge >= 0.3 is 0 Å². The van der Waals surface area contributed by atoms with Gasteiger partial charge in [-0.15, -0.1) is 0 Å². The number of carbonyl (C=O) groups excluding carboxylic acids is 1. The van der Waals surface area contributed by atoms with E-state index in [2.05, 4.69) is 5.32 Å². The van der Waals surface area contributed by atoms with Gasteiger partial charge in [-0.3, -0.25) is 4.79 Å². The van der Waals surface area contributed by atoms with Gasteiger partial charge in [-0.05, 0) is 19.4 Å². The molecule has 0 aromatic heterocycles. The van der Waals surface area contributed by atoms with Gasteiger partial charge in [0.1, 0.15) is 5.78 Å². The summed E-state index contributed by atoms with van der Waals surface area (Å²) in [6, 6.07) is 0. The molecule has 1 unspecified atom stereocenters. The maximum absolute atomic E-state index is 11.6. The molecule has 0 amide bonds. The lowest BCUT2D eigenvalue weighted by Gasteiger charge is -2.07. The predicted octanol–water partition coefficient (Wildman–Crippen LogP) is 0.380. The normalized spacial score (nSPS) is 21.8. The Bertz CT molecular complexity index is 305. The molecule has 1 atom stereocenters. The zero-order valence-electron chi connectivity index (χ0n) is 9.16. The molecule has 5 heteroatoms. The summed E-state index contributed by atoms with van der Waals surface area (Å²) in [5.41, 5.74) is 0. The van der Waals surface area contributed by atoms with Crippen LogP contribution in [0.3, 0.4) is 0 Å². The van der Waals surface area contributed by atoms with Crippen LogP contribution in [0.25, 0.3) is 0 Å². The number of hydrogen-bond acceptors (Lipinski definition) is 4. The van der Waals surface area contributed by atoms with Gasteiger partial charge in [0.2, 0.25) is 0 Å². The molecule has 1 rings (SSSR count). The largest absolute Gasteiger partial charge is 0.316 e. The second-order valence-corrected chi connectivity index (χ2v) is 6.36. The molecule has 1 aliphatic rings. The Hall–Kier alpha value is -0.420. The Balaban J connectivity index is 2.33. The Morgan fingerprint density at radius 3 is 2.67 bits per heavy atom. The van der Waals surface area contributed by atoms with E-state index in [9.17, 15) is 13.2 Å². The van der Waals surface area contributed by atoms with E-state index in [0.717, 1.165) is 13.0 Å². The maximum Gasteiger partial charge on any atom is 0.150 e. The van der Waals surface area contributed by atoms with E-state index in [1.54, 1.807) is 0 Å². The minimum Gasteiger partial charge on any atom is -0.316 e. The molecule has 0 aromatic carbocycles. The van der Waals surface area contributed by atoms with Crippen molar-refractivity contribution in [1.82, 2.24) is 5.32 Å². The zero-order chi connectivity index (χ0) is 11.3. The van der Waals surface area contributed by atoms with E-state index in [4.69, 9.17) is 0 Å². The number of ketones is 1. The first-order valence-corrected chi connectivity index (χ1v) is 7.31. The first-order chi connectivity index (χ1) is 7.05. The van der Waals surface area contributed by atoms with Crippen molar-refractivity contribution in [3.05, 3.63) is 0 Å². The second-order valence-electron chi connectivity index (χ2n) is 4.06. The van der Waals surface area contributed by atoms with Crippen molar-refractivity contribution in [3.63, 3.8) is 0 Å². The molecule has 1 saturated heterocycles. The van der Waals surface area contributed by atoms with Crippen LogP contribution in [0.2, 0.25) is 0 Å². The lowest BCUT2D eigenvalue weighted by atomic mass is 10.0. The SMILES string of the molecule is CCCS(=O)(=O)CCC(=O)C1CCNC1. The van der Waals surface area contributed by atoms with E-state index in [1.165, 1.54) is 0 Å². The van der Waals surface area contributed by atoms with Crippen LogP contribution in [-0.2, 0) is 14.6 Å². The van der Waals surface area contributed by atoms with Crippen molar-refractivity contribution < 1.29 is 13.2 Å². The van der Waals surface area contributed by atoms with Crippen LogP contribution in [0.1, 0.15) is 26.2 Å². The van der Waals surface area contributed by atoms with Crippen LogP contribution in [0.4, 0.5) is 0 Å². The van der Waals surface area contributed by atoms with Crippen molar-refractivity contribution in [2.45, 2.75) is 26.2 Å². The number of hydrogen-bond donors (Lipinski definition) is 1. The fraction of sp³-hybridized carbons (Fsp3) is 0.900. The summed E-state index contributed by atoms with van der Waals surface area (Å²) in [6.45, 7) is 3.42. The highest BCUT2D eigenvalue weighted by Crippen LogP contribution is 2.11. The van der Waals surface area contributed by atoms with Crippen LogP contribution in [0.15, 0.2) is 0 Å². The van der Waals surface area contributed by atoms with Crippen LogP contribution < -0.4 is 5.32 Å². The van der Waals surface area contributed by atoms with Crippen molar-refractivity contribution >= 4 is 15.6 Å². The third-order valence-electron chi connectivity index (χ3n) is 2.69. The van der Waals surface area contributed by atoms with Crippen LogP contribution in [-0.4, -0.2) is 38.8 Å². The summed E-state index contributed by atoms with van der Waals surface area (Å²) < 4.78 is 22.8. The van der Waals surface area contributed by atoms with E-state index >= 15 is 0 Å². The maximum atomic E-state index is 11.6. The van der Waals surface area contributed by atoms with E-state index < -0.39 is 9.84 Å². The summed E-state index contributed by atoms with van der Waals surface area (Å²) in [5, 5.41) is 3.11. The third kappa shape index (κ3) is 4.30. The Labute approximate surface area is 91.4 Å². The number of carbonyl (C=O) groups is 1. The molecule has 4 nitrogen and oxygen atoms in total. The summed E-state index contributed by atoms with van der Waals surface area (Å²) in [7, 11) is -3.00. The van der Waals surface area contributed by atoms with Crippen LogP contribution in [0, 0.1) is 5.92 Å². The van der Waals surface area contributed by atoms with Gasteiger partial charge in [0, 0.05) is 24.6 Å². The van der Waals surface area contributed by atoms with Gasteiger partial charge in [-0.1, -0.05) is 6.92 Å². The van der Waals surface area contributed by atoms with E-state index in [-0.39, 0.29) is 29.6 Å². The quantitative estimate of drug-likeness (QED) is 0.720. The molecule has 1 N–H and O–H groups in total. The fourth-order valence-electron chi connectivity index (χ4n) is 1.80. The van der Waals surface area contributed by atoms with Gasteiger partial charge in [-0.25, -0.2) is 8.42 Å². The number of rotatable bonds is 6. The zero-order valence-corrected chi connectivity index (χ0v) is 9.98. The Morgan fingerprint density at radius 2 is 2.13 bits per heavy atom. The molecule has 88 valence electrons. The molecule has 0 saturated carbocycles. The third-order valence-corrected chi connectivity index (χ3v) is 4.55. The summed E-state index contributed by atoms with van der Waals surface area (Å²) in [6.07, 6.45) is 1.67. The highest BCUT2D eigenvalue weighted by Gasteiger charge is 2.23. The lowest BCUT2D eigenvalue weighted by Crippen LogP contribution is -2.21. The standard InChI is InChI=1S/C10H19NO3S/c1-2-6-15(13,14)7-4-10(12)9-3-5-11-8-9/h9,11H,2-8H2,1H3. The average Bonchev–Trinajstić information content (AvgIpc) is 2.67. The molecule has 0 bridgehead atoms. The molecule has 1 heterocycles. The van der Waals surface area contributed by atoms with Gasteiger partial charge in [0.05, 0.1) is 5.75 Å². The van der Waals surface area contributed by atoms with Gasteiger partial charge in [0.15, 0.2) is 9.84 Å². The smallest absolute Gasteiger partial charge is 0.150 e. The molecule has 1 aliphatic heterocycles. The monoisotopic (exact) mass is 233 g/mol. The molecular formula is C10H19NO3S. The number of sulfone groups is 1. The van der Waals surface area contributed by atoms with Crippen molar-refractivity contribution in [2.75, 3.05) is 24.6 Å². The van der Waals surface area contributed by atoms with Gasteiger partial charge < -0.3 is 5.32 Å². The topological polar surface area (TPSA) is 63.2 Å². The van der Waals surface area contributed by atoms with E-state index in [1.807, 2.05) is 6.92 Å². The highest BCUT2D eigenvalue weighted by molar-refractivity contribution is 7.91.